The third kappa shape index (κ3) is 3.33. The Hall–Kier alpha value is -2.41. The number of aromatic nitrogens is 1. The summed E-state index contributed by atoms with van der Waals surface area (Å²) in [6.07, 6.45) is 2.59. The number of fused-ring (bicyclic) bond motifs is 1. The van der Waals surface area contributed by atoms with Crippen LogP contribution in [0.2, 0.25) is 0 Å². The molecule has 0 spiro atoms. The second kappa shape index (κ2) is 6.67. The highest BCUT2D eigenvalue weighted by atomic mass is 16.6. The molecule has 0 fully saturated rings. The normalized spacial score (nSPS) is 10.6. The molecule has 2 aromatic rings. The van der Waals surface area contributed by atoms with E-state index in [0.29, 0.717) is 25.3 Å². The van der Waals surface area contributed by atoms with Crippen molar-refractivity contribution in [2.24, 2.45) is 0 Å². The Kier molecular flexibility index (Phi) is 4.67. The molecule has 106 valence electrons. The number of hydrogen-bond acceptors (Lipinski definition) is 6. The summed E-state index contributed by atoms with van der Waals surface area (Å²) in [6.45, 7) is 5.22. The van der Waals surface area contributed by atoms with Crippen LogP contribution in [0.5, 0.6) is 0 Å². The van der Waals surface area contributed by atoms with Crippen molar-refractivity contribution in [3.05, 3.63) is 41.0 Å². The lowest BCUT2D eigenvalue weighted by molar-refractivity contribution is -0.383. The quantitative estimate of drug-likeness (QED) is 0.345. The summed E-state index contributed by atoms with van der Waals surface area (Å²) in [6, 6.07) is 4.85. The maximum Gasteiger partial charge on any atom is 0.298 e. The molecule has 0 saturated carbocycles. The monoisotopic (exact) mass is 277 g/mol. The highest BCUT2D eigenvalue weighted by molar-refractivity contribution is 5.83. The highest BCUT2D eigenvalue weighted by Gasteiger charge is 2.16. The van der Waals surface area contributed by atoms with Gasteiger partial charge in [0.15, 0.2) is 11.1 Å². The molecule has 0 amide bonds. The van der Waals surface area contributed by atoms with Crippen LogP contribution in [0.4, 0.5) is 11.7 Å². The molecule has 1 aromatic carbocycles. The van der Waals surface area contributed by atoms with Gasteiger partial charge in [-0.3, -0.25) is 10.1 Å². The molecule has 1 N–H and O–H groups in total. The molecule has 0 bridgehead atoms. The Morgan fingerprint density at radius 1 is 1.50 bits per heavy atom. The minimum atomic E-state index is -0.479. The van der Waals surface area contributed by atoms with Crippen molar-refractivity contribution in [2.75, 3.05) is 25.1 Å². The van der Waals surface area contributed by atoms with Gasteiger partial charge in [0.05, 0.1) is 18.1 Å². The van der Waals surface area contributed by atoms with Gasteiger partial charge in [-0.05, 0) is 12.5 Å². The lowest BCUT2D eigenvalue weighted by Crippen LogP contribution is -2.09. The molecule has 1 aromatic heterocycles. The molecule has 7 heteroatoms. The highest BCUT2D eigenvalue weighted by Crippen LogP contribution is 2.27. The van der Waals surface area contributed by atoms with E-state index in [2.05, 4.69) is 16.9 Å². The number of rotatable bonds is 8. The van der Waals surface area contributed by atoms with E-state index in [-0.39, 0.29) is 17.2 Å². The predicted molar refractivity (Wildman–Crippen MR) is 74.8 cm³/mol. The largest absolute Gasteiger partial charge is 0.423 e. The van der Waals surface area contributed by atoms with Gasteiger partial charge in [0.2, 0.25) is 0 Å². The number of para-hydroxylation sites is 1. The first-order chi connectivity index (χ1) is 9.72. The number of ether oxygens (including phenoxy) is 1. The van der Waals surface area contributed by atoms with E-state index < -0.39 is 4.92 Å². The Morgan fingerprint density at radius 2 is 2.35 bits per heavy atom. The van der Waals surface area contributed by atoms with E-state index in [4.69, 9.17) is 9.15 Å². The molecule has 0 aliphatic carbocycles. The van der Waals surface area contributed by atoms with Gasteiger partial charge in [0.25, 0.3) is 11.7 Å². The molecule has 0 unspecified atom stereocenters. The van der Waals surface area contributed by atoms with Crippen LogP contribution >= 0.6 is 0 Å². The van der Waals surface area contributed by atoms with Crippen LogP contribution in [-0.4, -0.2) is 29.7 Å². The first kappa shape index (κ1) is 14.0. The minimum absolute atomic E-state index is 0.0680. The van der Waals surface area contributed by atoms with Crippen LogP contribution in [-0.2, 0) is 4.74 Å². The van der Waals surface area contributed by atoms with Crippen LogP contribution in [0.25, 0.3) is 11.1 Å². The topological polar surface area (TPSA) is 90.4 Å². The number of benzene rings is 1. The smallest absolute Gasteiger partial charge is 0.298 e. The zero-order chi connectivity index (χ0) is 14.4. The van der Waals surface area contributed by atoms with Crippen LogP contribution < -0.4 is 5.32 Å². The molecule has 2 rings (SSSR count). The molecule has 1 heterocycles. The molecule has 0 atom stereocenters. The molecule has 20 heavy (non-hydrogen) atoms. The number of nitrogens with one attached hydrogen (secondary N) is 1. The lowest BCUT2D eigenvalue weighted by atomic mass is 10.3. The summed E-state index contributed by atoms with van der Waals surface area (Å²) in [4.78, 5) is 14.5. The Morgan fingerprint density at radius 3 is 3.10 bits per heavy atom. The summed E-state index contributed by atoms with van der Waals surface area (Å²) >= 11 is 0. The third-order valence-corrected chi connectivity index (χ3v) is 2.58. The van der Waals surface area contributed by atoms with Crippen LogP contribution in [0.15, 0.2) is 35.3 Å². The fourth-order valence-corrected chi connectivity index (χ4v) is 1.66. The maximum absolute atomic E-state index is 10.9. The van der Waals surface area contributed by atoms with Gasteiger partial charge < -0.3 is 14.5 Å². The first-order valence-electron chi connectivity index (χ1n) is 6.19. The Balaban J connectivity index is 1.96. The van der Waals surface area contributed by atoms with E-state index >= 15 is 0 Å². The van der Waals surface area contributed by atoms with E-state index in [1.807, 2.05) is 0 Å². The maximum atomic E-state index is 10.9. The van der Waals surface area contributed by atoms with Crippen molar-refractivity contribution < 1.29 is 14.1 Å². The molecule has 0 aliphatic rings. The fourth-order valence-electron chi connectivity index (χ4n) is 1.66. The number of nitrogens with zero attached hydrogens (tertiary/aromatic N) is 2. The summed E-state index contributed by atoms with van der Waals surface area (Å²) in [7, 11) is 0. The van der Waals surface area contributed by atoms with Crippen LogP contribution in [0.3, 0.4) is 0 Å². The van der Waals surface area contributed by atoms with Gasteiger partial charge in [-0.25, -0.2) is 0 Å². The zero-order valence-corrected chi connectivity index (χ0v) is 10.9. The van der Waals surface area contributed by atoms with Gasteiger partial charge in [0.1, 0.15) is 0 Å². The second-order valence-corrected chi connectivity index (χ2v) is 4.02. The average molecular weight is 277 g/mol. The summed E-state index contributed by atoms with van der Waals surface area (Å²) in [5, 5.41) is 13.8. The molecule has 0 aliphatic heterocycles. The number of anilines is 1. The molecule has 0 radical (unpaired) electrons. The van der Waals surface area contributed by atoms with Crippen molar-refractivity contribution in [1.82, 2.24) is 4.98 Å². The van der Waals surface area contributed by atoms with Crippen molar-refractivity contribution >= 4 is 22.8 Å². The summed E-state index contributed by atoms with van der Waals surface area (Å²) < 4.78 is 10.7. The van der Waals surface area contributed by atoms with Crippen molar-refractivity contribution in [3.8, 4) is 0 Å². The SMILES string of the molecule is C=CCCOCCNc1nc2c([N+](=O)[O-])cccc2o1. The predicted octanol–water partition coefficient (Wildman–Crippen LogP) is 2.74. The zero-order valence-electron chi connectivity index (χ0n) is 10.9. The van der Waals surface area contributed by atoms with Gasteiger partial charge >= 0.3 is 0 Å². The van der Waals surface area contributed by atoms with Crippen LogP contribution in [0.1, 0.15) is 6.42 Å². The van der Waals surface area contributed by atoms with Gasteiger partial charge in [-0.1, -0.05) is 12.1 Å². The van der Waals surface area contributed by atoms with E-state index in [1.165, 1.54) is 6.07 Å². The van der Waals surface area contributed by atoms with E-state index in [1.54, 1.807) is 18.2 Å². The first-order valence-corrected chi connectivity index (χ1v) is 6.19. The van der Waals surface area contributed by atoms with Crippen molar-refractivity contribution in [1.29, 1.82) is 0 Å². The lowest BCUT2D eigenvalue weighted by Gasteiger charge is -2.02. The van der Waals surface area contributed by atoms with Gasteiger partial charge in [-0.15, -0.1) is 6.58 Å². The number of non-ortho nitro benzene ring substituents is 1. The summed E-state index contributed by atoms with van der Waals surface area (Å²) in [5.41, 5.74) is 0.559. The molecule has 0 saturated heterocycles. The third-order valence-electron chi connectivity index (χ3n) is 2.58. The number of oxazole rings is 1. The van der Waals surface area contributed by atoms with E-state index in [0.717, 1.165) is 6.42 Å². The molecule has 7 nitrogen and oxygen atoms in total. The summed E-state index contributed by atoms with van der Waals surface area (Å²) in [5.74, 6) is 0. The molecular weight excluding hydrogens is 262 g/mol. The number of hydrogen-bond donors (Lipinski definition) is 1. The van der Waals surface area contributed by atoms with Crippen molar-refractivity contribution in [3.63, 3.8) is 0 Å². The van der Waals surface area contributed by atoms with E-state index in [9.17, 15) is 10.1 Å². The minimum Gasteiger partial charge on any atom is -0.423 e. The number of nitro groups is 1. The Labute approximate surface area is 115 Å². The number of nitro benzene ring substituents is 1. The Bertz CT molecular complexity index is 609. The second-order valence-electron chi connectivity index (χ2n) is 4.02. The molecular formula is C13H15N3O4. The van der Waals surface area contributed by atoms with Crippen LogP contribution in [0, 0.1) is 10.1 Å². The fraction of sp³-hybridized carbons (Fsp3) is 0.308. The van der Waals surface area contributed by atoms with Gasteiger partial charge in [0, 0.05) is 12.6 Å². The standard InChI is InChI=1S/C13H15N3O4/c1-2-3-8-19-9-7-14-13-15-12-10(16(17)18)5-4-6-11(12)20-13/h2,4-6H,1,3,7-9H2,(H,14,15). The average Bonchev–Trinajstić information content (AvgIpc) is 2.84. The van der Waals surface area contributed by atoms with Crippen molar-refractivity contribution in [2.45, 2.75) is 6.42 Å². The van der Waals surface area contributed by atoms with Gasteiger partial charge in [-0.2, -0.15) is 4.98 Å².